The van der Waals surface area contributed by atoms with Crippen molar-refractivity contribution in [1.29, 1.82) is 0 Å². The van der Waals surface area contributed by atoms with Crippen LogP contribution in [0.25, 0.3) is 11.5 Å². The Labute approximate surface area is 101 Å². The van der Waals surface area contributed by atoms with E-state index in [0.29, 0.717) is 11.5 Å². The van der Waals surface area contributed by atoms with Crippen LogP contribution in [0.2, 0.25) is 0 Å². The summed E-state index contributed by atoms with van der Waals surface area (Å²) >= 11 is 5.51. The fourth-order valence-corrected chi connectivity index (χ4v) is 1.44. The van der Waals surface area contributed by atoms with Gasteiger partial charge in [-0.1, -0.05) is 16.8 Å². The molecule has 17 heavy (non-hydrogen) atoms. The Kier molecular flexibility index (Phi) is 3.06. The Morgan fingerprint density at radius 3 is 2.76 bits per heavy atom. The van der Waals surface area contributed by atoms with Gasteiger partial charge in [-0.25, -0.2) is 4.39 Å². The van der Waals surface area contributed by atoms with Gasteiger partial charge in [0.05, 0.1) is 5.56 Å². The van der Waals surface area contributed by atoms with Crippen molar-refractivity contribution in [3.8, 4) is 11.5 Å². The first-order valence-corrected chi connectivity index (χ1v) is 4.97. The molecule has 0 atom stereocenters. The molecule has 0 saturated carbocycles. The first-order chi connectivity index (χ1) is 8.11. The highest BCUT2D eigenvalue weighted by Gasteiger charge is 2.12. The summed E-state index contributed by atoms with van der Waals surface area (Å²) in [5.41, 5.74) is 0.420. The van der Waals surface area contributed by atoms with Crippen molar-refractivity contribution in [3.63, 3.8) is 0 Å². The monoisotopic (exact) mass is 255 g/mol. The minimum absolute atomic E-state index is 0.00541. The predicted molar refractivity (Wildman–Crippen MR) is 58.6 cm³/mol. The number of halogens is 2. The number of oxime groups is 1. The highest BCUT2D eigenvalue weighted by atomic mass is 35.5. The zero-order valence-corrected chi connectivity index (χ0v) is 9.44. The molecule has 1 heterocycles. The lowest BCUT2D eigenvalue weighted by Gasteiger charge is -2.00. The smallest absolute Gasteiger partial charge is 0.247 e. The number of aryl methyl sites for hydroxylation is 1. The van der Waals surface area contributed by atoms with E-state index in [1.807, 2.05) is 0 Å². The van der Waals surface area contributed by atoms with Gasteiger partial charge in [0, 0.05) is 12.5 Å². The van der Waals surface area contributed by atoms with Gasteiger partial charge in [-0.15, -0.1) is 10.2 Å². The second kappa shape index (κ2) is 4.50. The lowest BCUT2D eigenvalue weighted by atomic mass is 10.1. The van der Waals surface area contributed by atoms with Gasteiger partial charge in [-0.2, -0.15) is 0 Å². The van der Waals surface area contributed by atoms with E-state index in [-0.39, 0.29) is 16.6 Å². The van der Waals surface area contributed by atoms with Gasteiger partial charge >= 0.3 is 0 Å². The lowest BCUT2D eigenvalue weighted by Crippen LogP contribution is -1.96. The number of nitrogens with zero attached hydrogens (tertiary/aromatic N) is 3. The zero-order valence-electron chi connectivity index (χ0n) is 8.69. The number of benzene rings is 1. The molecule has 0 aliphatic carbocycles. The summed E-state index contributed by atoms with van der Waals surface area (Å²) in [6.45, 7) is 1.64. The van der Waals surface area contributed by atoms with Crippen LogP contribution in [-0.4, -0.2) is 20.6 Å². The topological polar surface area (TPSA) is 71.5 Å². The molecule has 2 aromatic rings. The maximum Gasteiger partial charge on any atom is 0.247 e. The highest BCUT2D eigenvalue weighted by molar-refractivity contribution is 6.69. The van der Waals surface area contributed by atoms with Crippen LogP contribution in [0.4, 0.5) is 4.39 Å². The fraction of sp³-hybridized carbons (Fsp3) is 0.100. The average molecular weight is 256 g/mol. The van der Waals surface area contributed by atoms with E-state index in [0.717, 1.165) is 0 Å². The number of aromatic nitrogens is 2. The molecule has 0 radical (unpaired) electrons. The number of hydrogen-bond donors (Lipinski definition) is 1. The SMILES string of the molecule is Cc1nnc(-c2ccc(C(Cl)=NO)c(F)c2)o1. The van der Waals surface area contributed by atoms with E-state index in [9.17, 15) is 4.39 Å². The first-order valence-electron chi connectivity index (χ1n) is 4.60. The van der Waals surface area contributed by atoms with Gasteiger partial charge in [0.25, 0.3) is 0 Å². The van der Waals surface area contributed by atoms with Crippen molar-refractivity contribution in [2.45, 2.75) is 6.92 Å². The van der Waals surface area contributed by atoms with E-state index >= 15 is 0 Å². The van der Waals surface area contributed by atoms with Gasteiger partial charge < -0.3 is 9.62 Å². The van der Waals surface area contributed by atoms with Crippen LogP contribution in [0.3, 0.4) is 0 Å². The molecule has 0 unspecified atom stereocenters. The summed E-state index contributed by atoms with van der Waals surface area (Å²) < 4.78 is 18.8. The Bertz CT molecular complexity index is 583. The molecule has 5 nitrogen and oxygen atoms in total. The Morgan fingerprint density at radius 1 is 1.47 bits per heavy atom. The van der Waals surface area contributed by atoms with Crippen LogP contribution in [0, 0.1) is 12.7 Å². The van der Waals surface area contributed by atoms with Gasteiger partial charge in [-0.05, 0) is 18.2 Å². The summed E-state index contributed by atoms with van der Waals surface area (Å²) in [4.78, 5) is 0. The van der Waals surface area contributed by atoms with Gasteiger partial charge in [0.2, 0.25) is 11.8 Å². The Hall–Kier alpha value is -1.95. The minimum Gasteiger partial charge on any atom is -0.421 e. The van der Waals surface area contributed by atoms with E-state index in [1.165, 1.54) is 12.1 Å². The van der Waals surface area contributed by atoms with Gasteiger partial charge in [-0.3, -0.25) is 0 Å². The molecule has 7 heteroatoms. The molecule has 1 N–H and O–H groups in total. The molecule has 0 aliphatic rings. The van der Waals surface area contributed by atoms with E-state index in [4.69, 9.17) is 21.2 Å². The number of hydrogen-bond acceptors (Lipinski definition) is 5. The summed E-state index contributed by atoms with van der Waals surface area (Å²) in [6, 6.07) is 4.08. The third-order valence-electron chi connectivity index (χ3n) is 2.05. The molecule has 2 rings (SSSR count). The van der Waals surface area contributed by atoms with Crippen LogP contribution < -0.4 is 0 Å². The van der Waals surface area contributed by atoms with Crippen molar-refractivity contribution in [2.75, 3.05) is 0 Å². The molecule has 1 aromatic heterocycles. The third-order valence-corrected chi connectivity index (χ3v) is 2.33. The van der Waals surface area contributed by atoms with E-state index < -0.39 is 5.82 Å². The highest BCUT2D eigenvalue weighted by Crippen LogP contribution is 2.21. The minimum atomic E-state index is -0.638. The van der Waals surface area contributed by atoms with Crippen molar-refractivity contribution < 1.29 is 14.0 Å². The zero-order chi connectivity index (χ0) is 12.4. The molecule has 88 valence electrons. The van der Waals surface area contributed by atoms with Crippen LogP contribution in [0.5, 0.6) is 0 Å². The molecule has 0 saturated heterocycles. The molecule has 0 fully saturated rings. The van der Waals surface area contributed by atoms with Crippen LogP contribution in [0.15, 0.2) is 27.8 Å². The van der Waals surface area contributed by atoms with Crippen LogP contribution in [-0.2, 0) is 0 Å². The van der Waals surface area contributed by atoms with Crippen LogP contribution in [0.1, 0.15) is 11.5 Å². The fourth-order valence-electron chi connectivity index (χ4n) is 1.28. The Morgan fingerprint density at radius 2 is 2.24 bits per heavy atom. The maximum absolute atomic E-state index is 13.6. The first kappa shape index (κ1) is 11.5. The molecule has 1 aromatic carbocycles. The largest absolute Gasteiger partial charge is 0.421 e. The van der Waals surface area contributed by atoms with Crippen molar-refractivity contribution in [2.24, 2.45) is 5.16 Å². The lowest BCUT2D eigenvalue weighted by molar-refractivity contribution is 0.320. The summed E-state index contributed by atoms with van der Waals surface area (Å²) in [5.74, 6) is -0.0365. The standard InChI is InChI=1S/C10H7ClFN3O2/c1-5-13-14-10(17-5)6-2-3-7(8(12)4-6)9(11)15-16/h2-4,16H,1H3. The second-order valence-corrected chi connectivity index (χ2v) is 3.57. The molecule has 0 amide bonds. The maximum atomic E-state index is 13.6. The van der Waals surface area contributed by atoms with Crippen molar-refractivity contribution in [1.82, 2.24) is 10.2 Å². The van der Waals surface area contributed by atoms with E-state index in [2.05, 4.69) is 15.4 Å². The van der Waals surface area contributed by atoms with Gasteiger partial charge in [0.1, 0.15) is 5.82 Å². The predicted octanol–water partition coefficient (Wildman–Crippen LogP) is 2.56. The average Bonchev–Trinajstić information content (AvgIpc) is 2.75. The normalized spacial score (nSPS) is 11.8. The molecular weight excluding hydrogens is 249 g/mol. The number of rotatable bonds is 2. The van der Waals surface area contributed by atoms with Gasteiger partial charge in [0.15, 0.2) is 5.17 Å². The van der Waals surface area contributed by atoms with E-state index in [1.54, 1.807) is 13.0 Å². The second-order valence-electron chi connectivity index (χ2n) is 3.21. The summed E-state index contributed by atoms with van der Waals surface area (Å²) in [5, 5.41) is 18.2. The quantitative estimate of drug-likeness (QED) is 0.509. The van der Waals surface area contributed by atoms with Crippen molar-refractivity contribution >= 4 is 16.8 Å². The molecule has 0 aliphatic heterocycles. The molecule has 0 bridgehead atoms. The van der Waals surface area contributed by atoms with Crippen LogP contribution >= 0.6 is 11.6 Å². The Balaban J connectivity index is 2.44. The third kappa shape index (κ3) is 2.26. The van der Waals surface area contributed by atoms with Crippen molar-refractivity contribution in [3.05, 3.63) is 35.5 Å². The molecule has 0 spiro atoms. The summed E-state index contributed by atoms with van der Waals surface area (Å²) in [7, 11) is 0. The molecular formula is C10H7ClFN3O2. The summed E-state index contributed by atoms with van der Waals surface area (Å²) in [6.07, 6.45) is 0.